The summed E-state index contributed by atoms with van der Waals surface area (Å²) in [5, 5.41) is 0. The van der Waals surface area contributed by atoms with Crippen molar-refractivity contribution in [3.63, 3.8) is 0 Å². The average molecular weight is 172 g/mol. The molecule has 0 aromatic carbocycles. The van der Waals surface area contributed by atoms with E-state index in [1.54, 1.807) is 0 Å². The van der Waals surface area contributed by atoms with Crippen molar-refractivity contribution in [2.75, 3.05) is 6.61 Å². The zero-order chi connectivity index (χ0) is 9.40. The molecule has 0 aliphatic carbocycles. The van der Waals surface area contributed by atoms with Gasteiger partial charge in [0.05, 0.1) is 6.10 Å². The van der Waals surface area contributed by atoms with Crippen LogP contribution in [0.5, 0.6) is 0 Å². The van der Waals surface area contributed by atoms with Gasteiger partial charge in [0.2, 0.25) is 0 Å². The second-order valence-corrected chi connectivity index (χ2v) is 3.45. The van der Waals surface area contributed by atoms with Gasteiger partial charge < -0.3 is 4.74 Å². The van der Waals surface area contributed by atoms with Crippen LogP contribution in [0.3, 0.4) is 0 Å². The Morgan fingerprint density at radius 1 is 0.833 bits per heavy atom. The topological polar surface area (TPSA) is 9.23 Å². The van der Waals surface area contributed by atoms with Gasteiger partial charge in [-0.15, -0.1) is 0 Å². The summed E-state index contributed by atoms with van der Waals surface area (Å²) >= 11 is 0. The number of hydrogen-bond donors (Lipinski definition) is 0. The lowest BCUT2D eigenvalue weighted by Gasteiger charge is -2.18. The van der Waals surface area contributed by atoms with E-state index >= 15 is 0 Å². The zero-order valence-electron chi connectivity index (χ0n) is 9.10. The van der Waals surface area contributed by atoms with E-state index in [1.807, 2.05) is 0 Å². The van der Waals surface area contributed by atoms with Crippen LogP contribution in [-0.4, -0.2) is 12.7 Å². The standard InChI is InChI=1S/C11H24O/c1-5-10(6-2)9-12-11(7-3)8-4/h10-11H,5-9H2,1-4H3. The Bertz CT molecular complexity index is 71.0. The van der Waals surface area contributed by atoms with E-state index in [-0.39, 0.29) is 0 Å². The maximum atomic E-state index is 5.78. The molecule has 0 N–H and O–H groups in total. The van der Waals surface area contributed by atoms with Crippen molar-refractivity contribution in [1.29, 1.82) is 0 Å². The third kappa shape index (κ3) is 4.76. The average Bonchev–Trinajstić information content (AvgIpc) is 2.13. The highest BCUT2D eigenvalue weighted by molar-refractivity contribution is 4.56. The van der Waals surface area contributed by atoms with Gasteiger partial charge in [0.15, 0.2) is 0 Å². The molecular formula is C11H24O. The second kappa shape index (κ2) is 7.60. The first-order valence-electron chi connectivity index (χ1n) is 5.39. The van der Waals surface area contributed by atoms with Crippen LogP contribution >= 0.6 is 0 Å². The minimum Gasteiger partial charge on any atom is -0.378 e. The molecule has 0 bridgehead atoms. The SMILES string of the molecule is CCC(CC)COC(CC)CC. The van der Waals surface area contributed by atoms with Crippen LogP contribution in [0.15, 0.2) is 0 Å². The van der Waals surface area contributed by atoms with Crippen LogP contribution in [0.1, 0.15) is 53.4 Å². The van der Waals surface area contributed by atoms with Crippen molar-refractivity contribution < 1.29 is 4.74 Å². The highest BCUT2D eigenvalue weighted by Crippen LogP contribution is 2.11. The number of ether oxygens (including phenoxy) is 1. The second-order valence-electron chi connectivity index (χ2n) is 3.45. The molecule has 0 amide bonds. The van der Waals surface area contributed by atoms with E-state index in [0.717, 1.165) is 25.4 Å². The first-order valence-corrected chi connectivity index (χ1v) is 5.39. The molecule has 0 radical (unpaired) electrons. The molecule has 0 aromatic rings. The van der Waals surface area contributed by atoms with E-state index < -0.39 is 0 Å². The molecular weight excluding hydrogens is 148 g/mol. The van der Waals surface area contributed by atoms with Crippen molar-refractivity contribution in [1.82, 2.24) is 0 Å². The lowest BCUT2D eigenvalue weighted by molar-refractivity contribution is 0.0231. The van der Waals surface area contributed by atoms with Crippen molar-refractivity contribution >= 4 is 0 Å². The minimum atomic E-state index is 0.491. The van der Waals surface area contributed by atoms with Gasteiger partial charge in [0, 0.05) is 6.61 Å². The van der Waals surface area contributed by atoms with Crippen LogP contribution in [0.25, 0.3) is 0 Å². The van der Waals surface area contributed by atoms with Crippen molar-refractivity contribution in [3.8, 4) is 0 Å². The van der Waals surface area contributed by atoms with Crippen LogP contribution in [0, 0.1) is 5.92 Å². The smallest absolute Gasteiger partial charge is 0.0570 e. The molecule has 0 heterocycles. The molecule has 0 aromatic heterocycles. The molecule has 0 atom stereocenters. The quantitative estimate of drug-likeness (QED) is 0.570. The number of rotatable bonds is 7. The molecule has 0 spiro atoms. The first kappa shape index (κ1) is 12.0. The fraction of sp³-hybridized carbons (Fsp3) is 1.00. The van der Waals surface area contributed by atoms with Gasteiger partial charge in [0.25, 0.3) is 0 Å². The Kier molecular flexibility index (Phi) is 7.58. The normalized spacial score (nSPS) is 11.5. The molecule has 0 aliphatic heterocycles. The van der Waals surface area contributed by atoms with Crippen LogP contribution in [-0.2, 0) is 4.74 Å². The van der Waals surface area contributed by atoms with E-state index in [1.165, 1.54) is 12.8 Å². The Morgan fingerprint density at radius 3 is 1.67 bits per heavy atom. The first-order chi connectivity index (χ1) is 5.78. The Labute approximate surface area is 77.5 Å². The monoisotopic (exact) mass is 172 g/mol. The summed E-state index contributed by atoms with van der Waals surface area (Å²) in [5.41, 5.74) is 0. The maximum Gasteiger partial charge on any atom is 0.0570 e. The third-order valence-corrected chi connectivity index (χ3v) is 2.63. The van der Waals surface area contributed by atoms with Gasteiger partial charge in [0.1, 0.15) is 0 Å². The summed E-state index contributed by atoms with van der Waals surface area (Å²) in [6.07, 6.45) is 5.28. The van der Waals surface area contributed by atoms with Gasteiger partial charge in [-0.2, -0.15) is 0 Å². The Hall–Kier alpha value is -0.0400. The van der Waals surface area contributed by atoms with Gasteiger partial charge >= 0.3 is 0 Å². The van der Waals surface area contributed by atoms with Crippen molar-refractivity contribution in [2.24, 2.45) is 5.92 Å². The van der Waals surface area contributed by atoms with Gasteiger partial charge in [-0.1, -0.05) is 40.5 Å². The molecule has 0 aliphatic rings. The lowest BCUT2D eigenvalue weighted by Crippen LogP contribution is -2.16. The van der Waals surface area contributed by atoms with E-state index in [2.05, 4.69) is 27.7 Å². The Balaban J connectivity index is 3.49. The van der Waals surface area contributed by atoms with Gasteiger partial charge in [-0.3, -0.25) is 0 Å². The highest BCUT2D eigenvalue weighted by Gasteiger charge is 2.07. The fourth-order valence-electron chi connectivity index (χ4n) is 1.32. The molecule has 0 unspecified atom stereocenters. The zero-order valence-corrected chi connectivity index (χ0v) is 9.10. The van der Waals surface area contributed by atoms with Gasteiger partial charge in [-0.25, -0.2) is 0 Å². The lowest BCUT2D eigenvalue weighted by atomic mass is 10.1. The van der Waals surface area contributed by atoms with Crippen molar-refractivity contribution in [3.05, 3.63) is 0 Å². The molecule has 0 saturated heterocycles. The largest absolute Gasteiger partial charge is 0.378 e. The number of hydrogen-bond acceptors (Lipinski definition) is 1. The van der Waals surface area contributed by atoms with Crippen LogP contribution in [0.2, 0.25) is 0 Å². The minimum absolute atomic E-state index is 0.491. The summed E-state index contributed by atoms with van der Waals surface area (Å²) in [5.74, 6) is 0.769. The van der Waals surface area contributed by atoms with Crippen LogP contribution < -0.4 is 0 Å². The predicted octanol–water partition coefficient (Wildman–Crippen LogP) is 3.63. The Morgan fingerprint density at radius 2 is 1.33 bits per heavy atom. The molecule has 1 heteroatoms. The summed E-state index contributed by atoms with van der Waals surface area (Å²) in [7, 11) is 0. The highest BCUT2D eigenvalue weighted by atomic mass is 16.5. The summed E-state index contributed by atoms with van der Waals surface area (Å²) < 4.78 is 5.78. The summed E-state index contributed by atoms with van der Waals surface area (Å²) in [6.45, 7) is 9.83. The molecule has 0 rings (SSSR count). The molecule has 1 nitrogen and oxygen atoms in total. The molecule has 12 heavy (non-hydrogen) atoms. The van der Waals surface area contributed by atoms with E-state index in [0.29, 0.717) is 6.10 Å². The van der Waals surface area contributed by atoms with Crippen LogP contribution in [0.4, 0.5) is 0 Å². The van der Waals surface area contributed by atoms with Crippen molar-refractivity contribution in [2.45, 2.75) is 59.5 Å². The molecule has 0 saturated carbocycles. The van der Waals surface area contributed by atoms with E-state index in [9.17, 15) is 0 Å². The predicted molar refractivity (Wildman–Crippen MR) is 54.4 cm³/mol. The maximum absolute atomic E-state index is 5.78. The fourth-order valence-corrected chi connectivity index (χ4v) is 1.32. The van der Waals surface area contributed by atoms with E-state index in [4.69, 9.17) is 4.74 Å². The summed E-state index contributed by atoms with van der Waals surface area (Å²) in [6, 6.07) is 0. The third-order valence-electron chi connectivity index (χ3n) is 2.63. The summed E-state index contributed by atoms with van der Waals surface area (Å²) in [4.78, 5) is 0. The molecule has 0 fully saturated rings. The molecule has 74 valence electrons. The van der Waals surface area contributed by atoms with Gasteiger partial charge in [-0.05, 0) is 18.8 Å².